The average Bonchev–Trinajstić information content (AvgIpc) is 2.82. The second-order valence-corrected chi connectivity index (χ2v) is 3.99. The third kappa shape index (κ3) is 1.86. The molecule has 0 fully saturated rings. The molecule has 3 N–H and O–H groups in total. The van der Waals surface area contributed by atoms with Crippen LogP contribution in [0.15, 0.2) is 48.5 Å². The molecule has 0 aliphatic heterocycles. The van der Waals surface area contributed by atoms with Crippen LogP contribution in [-0.2, 0) is 0 Å². The Balaban J connectivity index is 2.11. The summed E-state index contributed by atoms with van der Waals surface area (Å²) in [5.74, 6) is 0.744. The molecule has 1 atom stereocenters. The highest BCUT2D eigenvalue weighted by molar-refractivity contribution is 5.81. The number of hydrogen-bond donors (Lipinski definition) is 3. The fourth-order valence-corrected chi connectivity index (χ4v) is 1.88. The Labute approximate surface area is 103 Å². The summed E-state index contributed by atoms with van der Waals surface area (Å²) in [6, 6.07) is 14.6. The minimum absolute atomic E-state index is 0.255. The number of aromatic amines is 1. The van der Waals surface area contributed by atoms with Gasteiger partial charge in [-0.25, -0.2) is 10.2 Å². The van der Waals surface area contributed by atoms with E-state index in [4.69, 9.17) is 5.21 Å². The summed E-state index contributed by atoms with van der Waals surface area (Å²) in [5.41, 5.74) is 2.73. The van der Waals surface area contributed by atoms with E-state index < -0.39 is 5.23 Å². The Morgan fingerprint density at radius 3 is 2.61 bits per heavy atom. The number of nitrogens with one attached hydrogen (secondary N) is 2. The van der Waals surface area contributed by atoms with Gasteiger partial charge in [0.25, 0.3) is 0 Å². The molecule has 1 heterocycles. The zero-order valence-corrected chi connectivity index (χ0v) is 9.42. The summed E-state index contributed by atoms with van der Waals surface area (Å²) in [7, 11) is 0. The van der Waals surface area contributed by atoms with E-state index in [9.17, 15) is 5.21 Å². The maximum Gasteiger partial charge on any atom is 0.166 e. The summed E-state index contributed by atoms with van der Waals surface area (Å²) < 4.78 is 0. The van der Waals surface area contributed by atoms with Gasteiger partial charge in [0.2, 0.25) is 0 Å². The van der Waals surface area contributed by atoms with Crippen molar-refractivity contribution in [1.82, 2.24) is 9.97 Å². The first kappa shape index (κ1) is 10.9. The molecular formula is C13H11N3O2. The lowest BCUT2D eigenvalue weighted by Crippen LogP contribution is -2.99. The van der Waals surface area contributed by atoms with E-state index >= 15 is 0 Å². The van der Waals surface area contributed by atoms with Crippen molar-refractivity contribution in [2.24, 2.45) is 0 Å². The molecule has 0 radical (unpaired) electrons. The maximum absolute atomic E-state index is 10.9. The van der Waals surface area contributed by atoms with Gasteiger partial charge in [-0.15, -0.1) is 0 Å². The molecule has 3 rings (SSSR count). The van der Waals surface area contributed by atoms with Crippen molar-refractivity contribution in [2.75, 3.05) is 0 Å². The standard InChI is InChI=1S/C13H11N3O2/c17-16(18)10-6-7-11-12(8-10)15-13(14-11)9-4-2-1-3-5-9/h1-8,16-17H,(H,14,15). The van der Waals surface area contributed by atoms with Crippen molar-refractivity contribution in [3.8, 4) is 11.4 Å². The zero-order valence-electron chi connectivity index (χ0n) is 9.42. The van der Waals surface area contributed by atoms with Crippen LogP contribution < -0.4 is 5.23 Å². The van der Waals surface area contributed by atoms with Gasteiger partial charge in [-0.1, -0.05) is 30.3 Å². The number of quaternary nitrogens is 1. The molecule has 1 unspecified atom stereocenters. The molecule has 0 aliphatic rings. The van der Waals surface area contributed by atoms with Gasteiger partial charge >= 0.3 is 0 Å². The zero-order chi connectivity index (χ0) is 12.5. The van der Waals surface area contributed by atoms with Gasteiger partial charge in [0.1, 0.15) is 5.82 Å². The highest BCUT2D eigenvalue weighted by Crippen LogP contribution is 2.21. The predicted octanol–water partition coefficient (Wildman–Crippen LogP) is 1.63. The van der Waals surface area contributed by atoms with E-state index in [1.807, 2.05) is 30.3 Å². The van der Waals surface area contributed by atoms with E-state index in [0.29, 0.717) is 0 Å². The Morgan fingerprint density at radius 1 is 1.11 bits per heavy atom. The first-order valence-corrected chi connectivity index (χ1v) is 5.52. The molecule has 3 aromatic rings. The summed E-state index contributed by atoms with van der Waals surface area (Å²) in [4.78, 5) is 7.57. The number of imidazole rings is 1. The van der Waals surface area contributed by atoms with Gasteiger partial charge < -0.3 is 10.2 Å². The SMILES string of the molecule is [O-][NH+](O)c1ccc2nc(-c3ccccc3)[nH]c2c1. The van der Waals surface area contributed by atoms with Gasteiger partial charge in [0.05, 0.1) is 11.0 Å². The Hall–Kier alpha value is -2.21. The molecule has 5 heteroatoms. The molecule has 18 heavy (non-hydrogen) atoms. The van der Waals surface area contributed by atoms with E-state index in [1.54, 1.807) is 18.2 Å². The third-order valence-electron chi connectivity index (χ3n) is 2.78. The molecule has 0 amide bonds. The number of fused-ring (bicyclic) bond motifs is 1. The number of benzene rings is 2. The fraction of sp³-hybridized carbons (Fsp3) is 0. The number of hydrogen-bond acceptors (Lipinski definition) is 3. The first-order chi connectivity index (χ1) is 8.74. The number of H-pyrrole nitrogens is 1. The monoisotopic (exact) mass is 241 g/mol. The molecule has 1 aromatic heterocycles. The molecule has 0 saturated heterocycles. The first-order valence-electron chi connectivity index (χ1n) is 5.52. The van der Waals surface area contributed by atoms with E-state index in [0.717, 1.165) is 22.4 Å². The summed E-state index contributed by atoms with van der Waals surface area (Å²) in [5, 5.41) is 18.9. The third-order valence-corrected chi connectivity index (χ3v) is 2.78. The van der Waals surface area contributed by atoms with Crippen LogP contribution in [0.2, 0.25) is 0 Å². The second kappa shape index (κ2) is 4.23. The van der Waals surface area contributed by atoms with Crippen LogP contribution in [-0.4, -0.2) is 15.2 Å². The largest absolute Gasteiger partial charge is 0.595 e. The van der Waals surface area contributed by atoms with Crippen molar-refractivity contribution in [1.29, 1.82) is 0 Å². The van der Waals surface area contributed by atoms with Crippen molar-refractivity contribution in [3.63, 3.8) is 0 Å². The van der Waals surface area contributed by atoms with Crippen LogP contribution in [0.3, 0.4) is 0 Å². The molecule has 90 valence electrons. The molecule has 0 aliphatic carbocycles. The Kier molecular flexibility index (Phi) is 2.56. The molecule has 2 aromatic carbocycles. The number of rotatable bonds is 2. The van der Waals surface area contributed by atoms with Crippen molar-refractivity contribution in [2.45, 2.75) is 0 Å². The predicted molar refractivity (Wildman–Crippen MR) is 67.3 cm³/mol. The Bertz CT molecular complexity index is 677. The molecule has 5 nitrogen and oxygen atoms in total. The van der Waals surface area contributed by atoms with Gasteiger partial charge in [-0.05, 0) is 6.07 Å². The topological polar surface area (TPSA) is 76.4 Å². The van der Waals surface area contributed by atoms with E-state index in [1.165, 1.54) is 0 Å². The van der Waals surface area contributed by atoms with Gasteiger partial charge in [-0.2, -0.15) is 5.23 Å². The molecular weight excluding hydrogens is 230 g/mol. The van der Waals surface area contributed by atoms with Crippen LogP contribution in [0.25, 0.3) is 22.4 Å². The molecule has 0 saturated carbocycles. The average molecular weight is 241 g/mol. The number of aromatic nitrogens is 2. The van der Waals surface area contributed by atoms with Crippen LogP contribution in [0.4, 0.5) is 5.69 Å². The van der Waals surface area contributed by atoms with Crippen LogP contribution in [0.1, 0.15) is 0 Å². The second-order valence-electron chi connectivity index (χ2n) is 3.99. The number of nitrogens with zero attached hydrogens (tertiary/aromatic N) is 1. The minimum atomic E-state index is -0.937. The highest BCUT2D eigenvalue weighted by Gasteiger charge is 2.07. The van der Waals surface area contributed by atoms with Gasteiger partial charge in [-0.3, -0.25) is 0 Å². The highest BCUT2D eigenvalue weighted by atomic mass is 16.8. The van der Waals surface area contributed by atoms with E-state index in [2.05, 4.69) is 9.97 Å². The maximum atomic E-state index is 10.9. The lowest BCUT2D eigenvalue weighted by Gasteiger charge is -2.10. The molecule has 0 bridgehead atoms. The molecule has 0 spiro atoms. The van der Waals surface area contributed by atoms with Gasteiger partial charge in [0.15, 0.2) is 5.69 Å². The minimum Gasteiger partial charge on any atom is -0.595 e. The smallest absolute Gasteiger partial charge is 0.166 e. The van der Waals surface area contributed by atoms with Crippen molar-refractivity contribution < 1.29 is 10.4 Å². The lowest BCUT2D eigenvalue weighted by molar-refractivity contribution is -0.991. The van der Waals surface area contributed by atoms with Crippen molar-refractivity contribution >= 4 is 16.7 Å². The summed E-state index contributed by atoms with van der Waals surface area (Å²) >= 11 is 0. The van der Waals surface area contributed by atoms with Crippen LogP contribution in [0, 0.1) is 5.21 Å². The van der Waals surface area contributed by atoms with Gasteiger partial charge in [0, 0.05) is 17.7 Å². The van der Waals surface area contributed by atoms with Crippen LogP contribution in [0.5, 0.6) is 0 Å². The Morgan fingerprint density at radius 2 is 1.89 bits per heavy atom. The van der Waals surface area contributed by atoms with Crippen molar-refractivity contribution in [3.05, 3.63) is 53.7 Å². The lowest BCUT2D eigenvalue weighted by atomic mass is 10.2. The normalized spacial score (nSPS) is 12.8. The summed E-state index contributed by atoms with van der Waals surface area (Å²) in [6.07, 6.45) is 0. The van der Waals surface area contributed by atoms with Crippen LogP contribution >= 0.6 is 0 Å². The van der Waals surface area contributed by atoms with E-state index in [-0.39, 0.29) is 5.69 Å². The fourth-order valence-electron chi connectivity index (χ4n) is 1.88. The summed E-state index contributed by atoms with van der Waals surface area (Å²) in [6.45, 7) is 0. The quantitative estimate of drug-likeness (QED) is 0.597.